The molecule has 0 spiro atoms. The predicted octanol–water partition coefficient (Wildman–Crippen LogP) is 1.01. The van der Waals surface area contributed by atoms with Crippen molar-refractivity contribution in [1.29, 1.82) is 0 Å². The molecule has 0 radical (unpaired) electrons. The van der Waals surface area contributed by atoms with Gasteiger partial charge in [0, 0.05) is 26.2 Å². The first-order chi connectivity index (χ1) is 11.4. The van der Waals surface area contributed by atoms with Crippen molar-refractivity contribution >= 4 is 27.4 Å². The molecule has 0 aliphatic carbocycles. The predicted molar refractivity (Wildman–Crippen MR) is 89.5 cm³/mol. The van der Waals surface area contributed by atoms with E-state index in [2.05, 4.69) is 14.6 Å². The second-order valence-electron chi connectivity index (χ2n) is 5.54. The highest BCUT2D eigenvalue weighted by Gasteiger charge is 2.24. The van der Waals surface area contributed by atoms with Crippen LogP contribution >= 0.6 is 0 Å². The third-order valence-corrected chi connectivity index (χ3v) is 4.28. The Labute approximate surface area is 140 Å². The fraction of sp³-hybridized carbons (Fsp3) is 0.333. The summed E-state index contributed by atoms with van der Waals surface area (Å²) in [5.74, 6) is 0.984. The van der Waals surface area contributed by atoms with Crippen LogP contribution in [0.1, 0.15) is 10.6 Å². The molecule has 3 heterocycles. The summed E-state index contributed by atoms with van der Waals surface area (Å²) in [5.41, 5.74) is 0.424. The first-order valence-corrected chi connectivity index (χ1v) is 9.33. The van der Waals surface area contributed by atoms with Crippen LogP contribution in [-0.4, -0.2) is 56.6 Å². The van der Waals surface area contributed by atoms with Crippen LogP contribution in [0.15, 0.2) is 41.1 Å². The van der Waals surface area contributed by atoms with Gasteiger partial charge in [0.15, 0.2) is 5.76 Å². The van der Waals surface area contributed by atoms with Crippen molar-refractivity contribution in [3.63, 3.8) is 0 Å². The fourth-order valence-corrected chi connectivity index (χ4v) is 3.09. The summed E-state index contributed by atoms with van der Waals surface area (Å²) in [4.78, 5) is 20.3. The zero-order chi connectivity index (χ0) is 17.2. The van der Waals surface area contributed by atoms with Gasteiger partial charge in [0.1, 0.15) is 5.82 Å². The van der Waals surface area contributed by atoms with E-state index in [4.69, 9.17) is 4.42 Å². The lowest BCUT2D eigenvalue weighted by atomic mass is 10.2. The van der Waals surface area contributed by atoms with Crippen LogP contribution in [0.2, 0.25) is 0 Å². The largest absolute Gasteiger partial charge is 0.459 e. The van der Waals surface area contributed by atoms with Crippen LogP contribution in [0.5, 0.6) is 0 Å². The topological polar surface area (TPSA) is 95.8 Å². The lowest BCUT2D eigenvalue weighted by Gasteiger charge is -2.35. The van der Waals surface area contributed by atoms with E-state index < -0.39 is 10.0 Å². The van der Waals surface area contributed by atoms with Gasteiger partial charge in [0.2, 0.25) is 10.0 Å². The number of sulfonamides is 1. The Morgan fingerprint density at radius 1 is 1.21 bits per heavy atom. The Morgan fingerprint density at radius 2 is 1.96 bits per heavy atom. The number of amides is 1. The maximum atomic E-state index is 12.2. The second kappa shape index (κ2) is 6.52. The molecule has 0 saturated carbocycles. The van der Waals surface area contributed by atoms with Gasteiger partial charge >= 0.3 is 0 Å². The molecule has 1 saturated heterocycles. The van der Waals surface area contributed by atoms with Crippen molar-refractivity contribution in [1.82, 2.24) is 9.88 Å². The molecule has 8 nitrogen and oxygen atoms in total. The summed E-state index contributed by atoms with van der Waals surface area (Å²) < 4.78 is 29.9. The minimum atomic E-state index is -3.31. The standard InChI is InChI=1S/C15H18N4O4S/c1-24(21,22)17-12-4-5-14(16-11-12)18-6-8-19(9-7-18)15(20)13-3-2-10-23-13/h2-5,10-11,17H,6-9H2,1H3. The zero-order valence-corrected chi connectivity index (χ0v) is 14.0. The van der Waals surface area contributed by atoms with Crippen LogP contribution in [0, 0.1) is 0 Å². The van der Waals surface area contributed by atoms with Crippen LogP contribution in [-0.2, 0) is 10.0 Å². The van der Waals surface area contributed by atoms with Crippen molar-refractivity contribution < 1.29 is 17.6 Å². The van der Waals surface area contributed by atoms with E-state index in [0.29, 0.717) is 37.6 Å². The lowest BCUT2D eigenvalue weighted by molar-refractivity contribution is 0.0714. The van der Waals surface area contributed by atoms with Gasteiger partial charge in [0.25, 0.3) is 5.91 Å². The Balaban J connectivity index is 1.59. The number of aromatic nitrogens is 1. The Bertz CT molecular complexity index is 795. The molecule has 0 unspecified atom stereocenters. The highest BCUT2D eigenvalue weighted by molar-refractivity contribution is 7.92. The summed E-state index contributed by atoms with van der Waals surface area (Å²) in [6, 6.07) is 6.78. The SMILES string of the molecule is CS(=O)(=O)Nc1ccc(N2CCN(C(=O)c3ccco3)CC2)nc1. The molecule has 1 aliphatic rings. The maximum absolute atomic E-state index is 12.2. The van der Waals surface area contributed by atoms with Crippen LogP contribution in [0.3, 0.4) is 0 Å². The third kappa shape index (κ3) is 3.85. The normalized spacial score (nSPS) is 15.4. The molecular weight excluding hydrogens is 332 g/mol. The average Bonchev–Trinajstić information content (AvgIpc) is 3.08. The van der Waals surface area contributed by atoms with Crippen molar-refractivity contribution in [2.24, 2.45) is 0 Å². The van der Waals surface area contributed by atoms with E-state index >= 15 is 0 Å². The van der Waals surface area contributed by atoms with Gasteiger partial charge in [-0.1, -0.05) is 0 Å². The highest BCUT2D eigenvalue weighted by Crippen LogP contribution is 2.17. The molecular formula is C15H18N4O4S. The molecule has 0 aromatic carbocycles. The quantitative estimate of drug-likeness (QED) is 0.884. The molecule has 2 aromatic rings. The monoisotopic (exact) mass is 350 g/mol. The number of furan rings is 1. The fourth-order valence-electron chi connectivity index (χ4n) is 2.54. The van der Waals surface area contributed by atoms with Gasteiger partial charge in [-0.25, -0.2) is 13.4 Å². The molecule has 2 aromatic heterocycles. The minimum Gasteiger partial charge on any atom is -0.459 e. The van der Waals surface area contributed by atoms with Gasteiger partial charge in [-0.2, -0.15) is 0 Å². The number of piperazine rings is 1. The van der Waals surface area contributed by atoms with Gasteiger partial charge in [0.05, 0.1) is 24.4 Å². The summed E-state index contributed by atoms with van der Waals surface area (Å²) in [6.07, 6.45) is 4.06. The van der Waals surface area contributed by atoms with E-state index in [1.807, 2.05) is 0 Å². The van der Waals surface area contributed by atoms with E-state index in [1.54, 1.807) is 29.2 Å². The van der Waals surface area contributed by atoms with E-state index in [9.17, 15) is 13.2 Å². The molecule has 128 valence electrons. The maximum Gasteiger partial charge on any atom is 0.289 e. The number of anilines is 2. The smallest absolute Gasteiger partial charge is 0.289 e. The molecule has 24 heavy (non-hydrogen) atoms. The summed E-state index contributed by atoms with van der Waals surface area (Å²) >= 11 is 0. The number of carbonyl (C=O) groups is 1. The van der Waals surface area contributed by atoms with Gasteiger partial charge in [-0.05, 0) is 24.3 Å². The van der Waals surface area contributed by atoms with Gasteiger partial charge in [-0.3, -0.25) is 9.52 Å². The van der Waals surface area contributed by atoms with Gasteiger partial charge < -0.3 is 14.2 Å². The Hall–Kier alpha value is -2.55. The van der Waals surface area contributed by atoms with Crippen molar-refractivity contribution in [3.8, 4) is 0 Å². The number of nitrogens with one attached hydrogen (secondary N) is 1. The summed E-state index contributed by atoms with van der Waals surface area (Å²) in [6.45, 7) is 2.45. The van der Waals surface area contributed by atoms with Crippen LogP contribution in [0.4, 0.5) is 11.5 Å². The number of nitrogens with zero attached hydrogens (tertiary/aromatic N) is 3. The number of rotatable bonds is 4. The number of carbonyl (C=O) groups excluding carboxylic acids is 1. The highest BCUT2D eigenvalue weighted by atomic mass is 32.2. The lowest BCUT2D eigenvalue weighted by Crippen LogP contribution is -2.49. The molecule has 1 N–H and O–H groups in total. The van der Waals surface area contributed by atoms with Crippen LogP contribution in [0.25, 0.3) is 0 Å². The first-order valence-electron chi connectivity index (χ1n) is 7.44. The first kappa shape index (κ1) is 16.3. The van der Waals surface area contributed by atoms with Crippen LogP contribution < -0.4 is 9.62 Å². The molecule has 0 atom stereocenters. The number of pyridine rings is 1. The Morgan fingerprint density at radius 3 is 2.50 bits per heavy atom. The van der Waals surface area contributed by atoms with Crippen molar-refractivity contribution in [3.05, 3.63) is 42.5 Å². The van der Waals surface area contributed by atoms with E-state index in [-0.39, 0.29) is 5.91 Å². The number of hydrogen-bond donors (Lipinski definition) is 1. The molecule has 1 amide bonds. The minimum absolute atomic E-state index is 0.111. The third-order valence-electron chi connectivity index (χ3n) is 3.67. The molecule has 1 aliphatic heterocycles. The van der Waals surface area contributed by atoms with Crippen molar-refractivity contribution in [2.75, 3.05) is 42.1 Å². The second-order valence-corrected chi connectivity index (χ2v) is 7.28. The molecule has 3 rings (SSSR count). The molecule has 9 heteroatoms. The number of hydrogen-bond acceptors (Lipinski definition) is 6. The zero-order valence-electron chi connectivity index (χ0n) is 13.2. The van der Waals surface area contributed by atoms with E-state index in [0.717, 1.165) is 12.1 Å². The van der Waals surface area contributed by atoms with Crippen molar-refractivity contribution in [2.45, 2.75) is 0 Å². The van der Waals surface area contributed by atoms with Gasteiger partial charge in [-0.15, -0.1) is 0 Å². The average molecular weight is 350 g/mol. The molecule has 0 bridgehead atoms. The Kier molecular flexibility index (Phi) is 4.43. The summed E-state index contributed by atoms with van der Waals surface area (Å²) in [7, 11) is -3.31. The molecule has 1 fully saturated rings. The summed E-state index contributed by atoms with van der Waals surface area (Å²) in [5, 5.41) is 0. The van der Waals surface area contributed by atoms with E-state index in [1.165, 1.54) is 12.5 Å².